The van der Waals surface area contributed by atoms with Crippen molar-refractivity contribution in [1.29, 1.82) is 0 Å². The third-order valence-electron chi connectivity index (χ3n) is 2.66. The van der Waals surface area contributed by atoms with E-state index in [9.17, 15) is 8.78 Å². The van der Waals surface area contributed by atoms with Crippen molar-refractivity contribution in [2.75, 3.05) is 0 Å². The number of benzene rings is 2. The Bertz CT molecular complexity index is 588. The van der Waals surface area contributed by atoms with Gasteiger partial charge in [0.15, 0.2) is 0 Å². The molecule has 0 aliphatic heterocycles. The van der Waals surface area contributed by atoms with Gasteiger partial charge in [0.05, 0.1) is 4.47 Å². The van der Waals surface area contributed by atoms with Crippen molar-refractivity contribution in [2.24, 2.45) is 0 Å². The molecule has 0 saturated carbocycles. The van der Waals surface area contributed by atoms with Crippen LogP contribution in [0, 0.1) is 11.6 Å². The van der Waals surface area contributed by atoms with E-state index >= 15 is 0 Å². The summed E-state index contributed by atoms with van der Waals surface area (Å²) in [4.78, 5) is 0. The van der Waals surface area contributed by atoms with E-state index < -0.39 is 11.6 Å². The van der Waals surface area contributed by atoms with E-state index in [2.05, 4.69) is 37.2 Å². The lowest BCUT2D eigenvalue weighted by Gasteiger charge is -2.08. The molecule has 0 aliphatic carbocycles. The second-order valence-electron chi connectivity index (χ2n) is 4.06. The maximum Gasteiger partial charge on any atom is 0.144 e. The van der Waals surface area contributed by atoms with Gasteiger partial charge in [0, 0.05) is 23.1 Å². The molecule has 19 heavy (non-hydrogen) atoms. The fourth-order valence-electron chi connectivity index (χ4n) is 1.71. The number of halogens is 4. The molecule has 1 N–H and O–H groups in total. The lowest BCUT2D eigenvalue weighted by Crippen LogP contribution is -2.15. The van der Waals surface area contributed by atoms with Gasteiger partial charge in [-0.3, -0.25) is 0 Å². The Balaban J connectivity index is 2.02. The summed E-state index contributed by atoms with van der Waals surface area (Å²) >= 11 is 6.43. The number of hydrogen-bond donors (Lipinski definition) is 1. The summed E-state index contributed by atoms with van der Waals surface area (Å²) in [5.74, 6) is -1.09. The maximum absolute atomic E-state index is 13.7. The van der Waals surface area contributed by atoms with Crippen LogP contribution < -0.4 is 5.32 Å². The van der Waals surface area contributed by atoms with Gasteiger partial charge in [0.1, 0.15) is 11.6 Å². The third kappa shape index (κ3) is 3.84. The number of rotatable bonds is 4. The fourth-order valence-corrected chi connectivity index (χ4v) is 2.53. The van der Waals surface area contributed by atoms with Crippen molar-refractivity contribution in [2.45, 2.75) is 13.1 Å². The van der Waals surface area contributed by atoms with E-state index in [1.807, 2.05) is 24.3 Å². The quantitative estimate of drug-likeness (QED) is 0.740. The van der Waals surface area contributed by atoms with E-state index in [1.165, 1.54) is 12.1 Å². The Morgan fingerprint density at radius 3 is 2.53 bits per heavy atom. The molecular weight excluding hydrogens is 380 g/mol. The predicted octanol–water partition coefficient (Wildman–Crippen LogP) is 4.78. The van der Waals surface area contributed by atoms with Gasteiger partial charge < -0.3 is 5.32 Å². The average Bonchev–Trinajstić information content (AvgIpc) is 2.38. The van der Waals surface area contributed by atoms with Crippen molar-refractivity contribution in [1.82, 2.24) is 5.32 Å². The first-order valence-corrected chi connectivity index (χ1v) is 7.24. The minimum absolute atomic E-state index is 0.0457. The highest BCUT2D eigenvalue weighted by Gasteiger charge is 2.11. The first-order chi connectivity index (χ1) is 9.08. The molecule has 2 rings (SSSR count). The van der Waals surface area contributed by atoms with E-state index in [-0.39, 0.29) is 16.6 Å². The lowest BCUT2D eigenvalue weighted by atomic mass is 10.2. The average molecular weight is 391 g/mol. The topological polar surface area (TPSA) is 12.0 Å². The highest BCUT2D eigenvalue weighted by molar-refractivity contribution is 9.10. The number of hydrogen-bond acceptors (Lipinski definition) is 1. The molecule has 1 nitrogen and oxygen atoms in total. The molecule has 0 aromatic heterocycles. The van der Waals surface area contributed by atoms with Gasteiger partial charge in [0.25, 0.3) is 0 Å². The van der Waals surface area contributed by atoms with Crippen molar-refractivity contribution in [3.8, 4) is 0 Å². The minimum atomic E-state index is -0.554. The molecule has 100 valence electrons. The monoisotopic (exact) mass is 389 g/mol. The third-order valence-corrected chi connectivity index (χ3v) is 3.76. The van der Waals surface area contributed by atoms with Crippen molar-refractivity contribution in [3.05, 3.63) is 68.1 Å². The van der Waals surface area contributed by atoms with Crippen LogP contribution >= 0.6 is 31.9 Å². The van der Waals surface area contributed by atoms with Gasteiger partial charge in [0.2, 0.25) is 0 Å². The number of nitrogens with one attached hydrogen (secondary N) is 1. The Morgan fingerprint density at radius 2 is 1.79 bits per heavy atom. The predicted molar refractivity (Wildman–Crippen MR) is 78.7 cm³/mol. The van der Waals surface area contributed by atoms with Crippen LogP contribution in [0.25, 0.3) is 0 Å². The molecule has 0 fully saturated rings. The zero-order chi connectivity index (χ0) is 13.8. The smallest absolute Gasteiger partial charge is 0.144 e. The summed E-state index contributed by atoms with van der Waals surface area (Å²) in [6, 6.07) is 10.4. The molecular formula is C14H11Br2F2N. The fraction of sp³-hybridized carbons (Fsp3) is 0.143. The molecule has 0 saturated heterocycles. The second kappa shape index (κ2) is 6.59. The summed E-state index contributed by atoms with van der Waals surface area (Å²) in [7, 11) is 0. The van der Waals surface area contributed by atoms with Crippen LogP contribution in [0.1, 0.15) is 11.1 Å². The Kier molecular flexibility index (Phi) is 5.07. The molecule has 2 aromatic carbocycles. The van der Waals surface area contributed by atoms with Gasteiger partial charge in [-0.25, -0.2) is 8.78 Å². The molecule has 0 heterocycles. The Morgan fingerprint density at radius 1 is 1.00 bits per heavy atom. The lowest BCUT2D eigenvalue weighted by molar-refractivity contribution is 0.532. The molecule has 0 aliphatic rings. The molecule has 0 unspecified atom stereocenters. The first kappa shape index (κ1) is 14.6. The van der Waals surface area contributed by atoms with Gasteiger partial charge in [-0.05, 0) is 45.8 Å². The summed E-state index contributed by atoms with van der Waals surface area (Å²) in [6.45, 7) is 0.689. The molecule has 0 amide bonds. The van der Waals surface area contributed by atoms with Crippen LogP contribution in [0.3, 0.4) is 0 Å². The van der Waals surface area contributed by atoms with Crippen molar-refractivity contribution in [3.63, 3.8) is 0 Å². The summed E-state index contributed by atoms with van der Waals surface area (Å²) in [6.07, 6.45) is 0. The van der Waals surface area contributed by atoms with E-state index in [0.29, 0.717) is 6.54 Å². The molecule has 0 atom stereocenters. The van der Waals surface area contributed by atoms with E-state index in [1.54, 1.807) is 0 Å². The summed E-state index contributed by atoms with van der Waals surface area (Å²) in [5.41, 5.74) is 1.09. The normalized spacial score (nSPS) is 10.7. The van der Waals surface area contributed by atoms with Crippen LogP contribution in [0.2, 0.25) is 0 Å². The molecule has 0 bridgehead atoms. The van der Waals surface area contributed by atoms with Gasteiger partial charge in [-0.2, -0.15) is 0 Å². The second-order valence-corrected chi connectivity index (χ2v) is 5.83. The van der Waals surface area contributed by atoms with Crippen LogP contribution in [0.5, 0.6) is 0 Å². The first-order valence-electron chi connectivity index (χ1n) is 5.65. The molecule has 0 radical (unpaired) electrons. The van der Waals surface area contributed by atoms with Crippen LogP contribution in [0.15, 0.2) is 45.3 Å². The van der Waals surface area contributed by atoms with Crippen LogP contribution in [-0.2, 0) is 13.1 Å². The highest BCUT2D eigenvalue weighted by Crippen LogP contribution is 2.21. The van der Waals surface area contributed by atoms with Gasteiger partial charge in [-0.1, -0.05) is 28.1 Å². The summed E-state index contributed by atoms with van der Waals surface area (Å²) in [5, 5.41) is 3.03. The van der Waals surface area contributed by atoms with E-state index in [0.717, 1.165) is 10.0 Å². The van der Waals surface area contributed by atoms with Crippen molar-refractivity contribution >= 4 is 31.9 Å². The van der Waals surface area contributed by atoms with Gasteiger partial charge >= 0.3 is 0 Å². The summed E-state index contributed by atoms with van der Waals surface area (Å²) < 4.78 is 28.5. The standard InChI is InChI=1S/C14H11Br2F2N/c15-10-3-1-2-9(6-10)7-19-8-11-13(17)5-4-12(16)14(11)18/h1-6,19H,7-8H2. The molecule has 5 heteroatoms. The Labute approximate surface area is 127 Å². The van der Waals surface area contributed by atoms with Crippen LogP contribution in [0.4, 0.5) is 8.78 Å². The van der Waals surface area contributed by atoms with Crippen molar-refractivity contribution < 1.29 is 8.78 Å². The van der Waals surface area contributed by atoms with E-state index in [4.69, 9.17) is 0 Å². The SMILES string of the molecule is Fc1ccc(Br)c(F)c1CNCc1cccc(Br)c1. The Hall–Kier alpha value is -0.780. The largest absolute Gasteiger partial charge is 0.308 e. The van der Waals surface area contributed by atoms with Gasteiger partial charge in [-0.15, -0.1) is 0 Å². The van der Waals surface area contributed by atoms with Crippen LogP contribution in [-0.4, -0.2) is 0 Å². The maximum atomic E-state index is 13.7. The zero-order valence-electron chi connectivity index (χ0n) is 9.89. The zero-order valence-corrected chi connectivity index (χ0v) is 13.1. The molecule has 2 aromatic rings. The molecule has 0 spiro atoms. The highest BCUT2D eigenvalue weighted by atomic mass is 79.9. The minimum Gasteiger partial charge on any atom is -0.308 e.